The number of aromatic nitrogens is 4. The Labute approximate surface area is 127 Å². The molecule has 0 bridgehead atoms. The average molecular weight is 328 g/mol. The Bertz CT molecular complexity index is 653. The average Bonchev–Trinajstić information content (AvgIpc) is 3.04. The molecule has 120 valence electrons. The van der Waals surface area contributed by atoms with E-state index in [0.29, 0.717) is 30.0 Å². The van der Waals surface area contributed by atoms with E-state index in [9.17, 15) is 4.89 Å². The summed E-state index contributed by atoms with van der Waals surface area (Å²) in [5.41, 5.74) is 12.2. The predicted molar refractivity (Wildman–Crippen MR) is 78.3 cm³/mol. The van der Waals surface area contributed by atoms with Crippen molar-refractivity contribution < 1.29 is 18.9 Å². The topological polar surface area (TPSA) is 144 Å². The quantitative estimate of drug-likeness (QED) is 0.641. The summed E-state index contributed by atoms with van der Waals surface area (Å²) in [4.78, 5) is 21.6. The van der Waals surface area contributed by atoms with E-state index in [1.54, 1.807) is 18.0 Å². The molecule has 0 aromatic carbocycles. The molecule has 0 saturated carbocycles. The van der Waals surface area contributed by atoms with E-state index in [4.69, 9.17) is 25.2 Å². The highest BCUT2D eigenvalue weighted by Gasteiger charge is 2.38. The predicted octanol–water partition coefficient (Wildman–Crippen LogP) is -0.0945. The Hall–Kier alpha value is -1.42. The number of nitrogen functional groups attached to an aromatic ring is 1. The van der Waals surface area contributed by atoms with Gasteiger partial charge in [0, 0.05) is 13.5 Å². The van der Waals surface area contributed by atoms with Crippen molar-refractivity contribution in [2.45, 2.75) is 24.9 Å². The molecule has 2 aromatic heterocycles. The summed E-state index contributed by atoms with van der Waals surface area (Å²) in [6, 6.07) is 0. The first-order chi connectivity index (χ1) is 10.6. The SMILES string of the molecule is COC[C@H]1O[C@@H](n2cnc3c(N)ncnc32)C[C@@H]1OP(N)O. The van der Waals surface area contributed by atoms with Gasteiger partial charge in [-0.2, -0.15) is 0 Å². The van der Waals surface area contributed by atoms with Gasteiger partial charge in [-0.1, -0.05) is 0 Å². The summed E-state index contributed by atoms with van der Waals surface area (Å²) in [5, 5.41) is 0. The van der Waals surface area contributed by atoms with Crippen LogP contribution < -0.4 is 11.2 Å². The van der Waals surface area contributed by atoms with Gasteiger partial charge in [0.25, 0.3) is 0 Å². The lowest BCUT2D eigenvalue weighted by Gasteiger charge is -2.18. The van der Waals surface area contributed by atoms with E-state index in [1.807, 2.05) is 0 Å². The van der Waals surface area contributed by atoms with Crippen LogP contribution in [0.1, 0.15) is 12.6 Å². The molecular weight excluding hydrogens is 311 g/mol. The van der Waals surface area contributed by atoms with Crippen molar-refractivity contribution in [1.29, 1.82) is 0 Å². The number of rotatable bonds is 5. The molecule has 1 aliphatic heterocycles. The summed E-state index contributed by atoms with van der Waals surface area (Å²) >= 11 is 0. The van der Waals surface area contributed by atoms with Crippen molar-refractivity contribution in [3.8, 4) is 0 Å². The summed E-state index contributed by atoms with van der Waals surface area (Å²) < 4.78 is 18.1. The van der Waals surface area contributed by atoms with E-state index >= 15 is 0 Å². The molecule has 4 atom stereocenters. The van der Waals surface area contributed by atoms with Crippen LogP contribution in [0.5, 0.6) is 0 Å². The van der Waals surface area contributed by atoms with Gasteiger partial charge in [0.05, 0.1) is 19.0 Å². The molecule has 1 fully saturated rings. The standard InChI is InChI=1S/C11H17N6O4P/c1-19-3-7-6(21-22(13)18)2-8(20-7)17-5-16-9-10(12)14-4-15-11(9)17/h4-8,18H,2-3,13H2,1H3,(H2,12,14,15)/t6-,7+,8+,22?/m0/s1. The minimum Gasteiger partial charge on any atom is -0.382 e. The van der Waals surface area contributed by atoms with Crippen molar-refractivity contribution in [2.24, 2.45) is 5.50 Å². The third-order valence-corrected chi connectivity index (χ3v) is 3.94. The van der Waals surface area contributed by atoms with Gasteiger partial charge >= 0.3 is 0 Å². The Morgan fingerprint density at radius 1 is 1.50 bits per heavy atom. The van der Waals surface area contributed by atoms with Gasteiger partial charge in [-0.15, -0.1) is 0 Å². The number of hydrogen-bond acceptors (Lipinski definition) is 9. The third-order valence-electron chi connectivity index (χ3n) is 3.45. The molecule has 1 aliphatic rings. The highest BCUT2D eigenvalue weighted by Crippen LogP contribution is 2.37. The molecule has 11 heteroatoms. The van der Waals surface area contributed by atoms with E-state index in [0.717, 1.165) is 0 Å². The molecule has 1 saturated heterocycles. The summed E-state index contributed by atoms with van der Waals surface area (Å²) in [5.74, 6) is 0.309. The molecule has 22 heavy (non-hydrogen) atoms. The van der Waals surface area contributed by atoms with Crippen LogP contribution in [0.3, 0.4) is 0 Å². The fourth-order valence-electron chi connectivity index (χ4n) is 2.52. The van der Waals surface area contributed by atoms with Crippen LogP contribution in [-0.4, -0.2) is 50.3 Å². The summed E-state index contributed by atoms with van der Waals surface area (Å²) in [6.45, 7) is 0.327. The number of ether oxygens (including phenoxy) is 2. The van der Waals surface area contributed by atoms with Gasteiger partial charge in [-0.3, -0.25) is 10.1 Å². The lowest BCUT2D eigenvalue weighted by molar-refractivity contribution is -0.0482. The fraction of sp³-hybridized carbons (Fsp3) is 0.545. The molecule has 0 radical (unpaired) electrons. The normalized spacial score (nSPS) is 26.6. The number of hydrogen-bond donors (Lipinski definition) is 3. The number of nitrogens with two attached hydrogens (primary N) is 2. The summed E-state index contributed by atoms with van der Waals surface area (Å²) in [6.07, 6.45) is 2.38. The molecule has 1 unspecified atom stereocenters. The molecule has 0 amide bonds. The molecule has 5 N–H and O–H groups in total. The van der Waals surface area contributed by atoms with Crippen LogP contribution in [0.2, 0.25) is 0 Å². The molecular formula is C11H17N6O4P. The van der Waals surface area contributed by atoms with Crippen LogP contribution >= 0.6 is 8.53 Å². The number of anilines is 1. The molecule has 3 heterocycles. The Balaban J connectivity index is 1.86. The van der Waals surface area contributed by atoms with E-state index in [2.05, 4.69) is 15.0 Å². The van der Waals surface area contributed by atoms with Gasteiger partial charge in [0.2, 0.25) is 8.53 Å². The number of imidazole rings is 1. The number of nitrogens with zero attached hydrogens (tertiary/aromatic N) is 4. The number of methoxy groups -OCH3 is 1. The monoisotopic (exact) mass is 328 g/mol. The third kappa shape index (κ3) is 2.89. The first-order valence-corrected chi connectivity index (χ1v) is 7.86. The molecule has 0 aliphatic carbocycles. The maximum absolute atomic E-state index is 9.29. The maximum Gasteiger partial charge on any atom is 0.250 e. The van der Waals surface area contributed by atoms with Crippen LogP contribution in [0, 0.1) is 0 Å². The van der Waals surface area contributed by atoms with E-state index in [-0.39, 0.29) is 18.4 Å². The van der Waals surface area contributed by atoms with Crippen molar-refractivity contribution >= 4 is 25.5 Å². The zero-order chi connectivity index (χ0) is 15.7. The van der Waals surface area contributed by atoms with Gasteiger partial charge in [0.15, 0.2) is 11.5 Å². The highest BCUT2D eigenvalue weighted by molar-refractivity contribution is 7.43. The largest absolute Gasteiger partial charge is 0.382 e. The maximum atomic E-state index is 9.29. The van der Waals surface area contributed by atoms with Gasteiger partial charge < -0.3 is 24.6 Å². The fourth-order valence-corrected chi connectivity index (χ4v) is 3.02. The summed E-state index contributed by atoms with van der Waals surface area (Å²) in [7, 11) is -0.403. The first-order valence-electron chi connectivity index (χ1n) is 6.58. The Kier molecular flexibility index (Phi) is 4.48. The van der Waals surface area contributed by atoms with Crippen molar-refractivity contribution in [3.05, 3.63) is 12.7 Å². The van der Waals surface area contributed by atoms with Crippen LogP contribution in [0.4, 0.5) is 5.82 Å². The van der Waals surface area contributed by atoms with Gasteiger partial charge in [-0.05, 0) is 0 Å². The minimum atomic E-state index is -1.97. The lowest BCUT2D eigenvalue weighted by atomic mass is 10.2. The highest BCUT2D eigenvalue weighted by atomic mass is 31.2. The smallest absolute Gasteiger partial charge is 0.250 e. The molecule has 3 rings (SSSR count). The van der Waals surface area contributed by atoms with E-state index < -0.39 is 8.53 Å². The van der Waals surface area contributed by atoms with Crippen molar-refractivity contribution in [1.82, 2.24) is 19.5 Å². The second kappa shape index (κ2) is 6.37. The zero-order valence-electron chi connectivity index (χ0n) is 11.9. The van der Waals surface area contributed by atoms with Crippen LogP contribution in [0.25, 0.3) is 11.2 Å². The van der Waals surface area contributed by atoms with Crippen LogP contribution in [-0.2, 0) is 14.0 Å². The van der Waals surface area contributed by atoms with Crippen LogP contribution in [0.15, 0.2) is 12.7 Å². The Morgan fingerprint density at radius 2 is 2.32 bits per heavy atom. The zero-order valence-corrected chi connectivity index (χ0v) is 12.8. The first kappa shape index (κ1) is 15.5. The molecule has 2 aromatic rings. The lowest BCUT2D eigenvalue weighted by Crippen LogP contribution is -2.28. The van der Waals surface area contributed by atoms with Gasteiger partial charge in [-0.25, -0.2) is 15.0 Å². The number of fused-ring (bicyclic) bond motifs is 1. The minimum absolute atomic E-state index is 0.309. The molecule has 0 spiro atoms. The van der Waals surface area contributed by atoms with E-state index in [1.165, 1.54) is 6.33 Å². The van der Waals surface area contributed by atoms with Crippen molar-refractivity contribution in [3.63, 3.8) is 0 Å². The van der Waals surface area contributed by atoms with Gasteiger partial charge in [0.1, 0.15) is 24.2 Å². The molecule has 10 nitrogen and oxygen atoms in total. The second-order valence-corrected chi connectivity index (χ2v) is 5.67. The Morgan fingerprint density at radius 3 is 3.05 bits per heavy atom. The van der Waals surface area contributed by atoms with Crippen molar-refractivity contribution in [2.75, 3.05) is 19.5 Å². The second-order valence-electron chi connectivity index (χ2n) is 4.85.